The van der Waals surface area contributed by atoms with Gasteiger partial charge in [0, 0.05) is 11.6 Å². The molecule has 8 nitrogen and oxygen atoms in total. The number of amides is 1. The Hall–Kier alpha value is -2.84. The molecule has 2 heterocycles. The van der Waals surface area contributed by atoms with E-state index < -0.39 is 6.09 Å². The minimum atomic E-state index is -0.548. The van der Waals surface area contributed by atoms with Crippen molar-refractivity contribution >= 4 is 46.0 Å². The van der Waals surface area contributed by atoms with Gasteiger partial charge < -0.3 is 14.6 Å². The van der Waals surface area contributed by atoms with Crippen LogP contribution in [0.15, 0.2) is 35.1 Å². The highest BCUT2D eigenvalue weighted by Gasteiger charge is 2.41. The van der Waals surface area contributed by atoms with Crippen LogP contribution in [0.2, 0.25) is 10.0 Å². The minimum absolute atomic E-state index is 0.133. The van der Waals surface area contributed by atoms with Gasteiger partial charge in [0.15, 0.2) is 5.75 Å². The molecule has 1 aliphatic heterocycles. The lowest BCUT2D eigenvalue weighted by Gasteiger charge is -2.17. The molecule has 2 N–H and O–H groups in total. The number of ether oxygens (including phenoxy) is 1. The van der Waals surface area contributed by atoms with Crippen LogP contribution in [0.1, 0.15) is 19.8 Å². The zero-order chi connectivity index (χ0) is 20.3. The Labute approximate surface area is 174 Å². The van der Waals surface area contributed by atoms with E-state index in [2.05, 4.69) is 17.2 Å². The van der Waals surface area contributed by atoms with E-state index in [0.29, 0.717) is 11.4 Å². The van der Waals surface area contributed by atoms with Crippen molar-refractivity contribution in [3.8, 4) is 11.5 Å². The molecule has 0 bridgehead atoms. The van der Waals surface area contributed by atoms with Crippen LogP contribution >= 0.6 is 23.2 Å². The molecule has 1 saturated carbocycles. The molecule has 3 aromatic rings. The number of benzene rings is 2. The van der Waals surface area contributed by atoms with Crippen LogP contribution in [-0.4, -0.2) is 22.3 Å². The summed E-state index contributed by atoms with van der Waals surface area (Å²) in [4.78, 5) is 31.5. The van der Waals surface area contributed by atoms with Crippen molar-refractivity contribution in [1.82, 2.24) is 14.9 Å². The van der Waals surface area contributed by atoms with E-state index in [1.165, 1.54) is 5.06 Å². The summed E-state index contributed by atoms with van der Waals surface area (Å²) in [6.07, 6.45) is 1.37. The Balaban J connectivity index is 1.49. The molecule has 150 valence electrons. The van der Waals surface area contributed by atoms with Gasteiger partial charge in [-0.15, -0.1) is 0 Å². The number of halogens is 2. The average Bonchev–Trinajstić information content (AvgIpc) is 3.10. The third-order valence-corrected chi connectivity index (χ3v) is 5.78. The highest BCUT2D eigenvalue weighted by atomic mass is 35.5. The standard InChI is InChI=1S/C19H16Cl2N4O4/c1-19(4-5-19)25-15-8-11(2-3-14(15)23-17(25)26)28-16-12(20)6-10(7-13(16)21)24-9-22-18(27)29-24/h2-3,6-8H,4-5,9H2,1H3,(H,22,27)(H,23,26). The number of imidazole rings is 1. The first kappa shape index (κ1) is 18.2. The van der Waals surface area contributed by atoms with Crippen LogP contribution in [0, 0.1) is 0 Å². The van der Waals surface area contributed by atoms with Gasteiger partial charge in [0.05, 0.1) is 26.8 Å². The molecule has 2 aliphatic rings. The van der Waals surface area contributed by atoms with E-state index in [4.69, 9.17) is 32.8 Å². The maximum absolute atomic E-state index is 12.4. The first-order valence-corrected chi connectivity index (χ1v) is 9.75. The van der Waals surface area contributed by atoms with Crippen LogP contribution in [0.3, 0.4) is 0 Å². The number of hydrogen-bond donors (Lipinski definition) is 2. The monoisotopic (exact) mass is 434 g/mol. The first-order chi connectivity index (χ1) is 13.8. The molecule has 1 aromatic heterocycles. The second-order valence-corrected chi connectivity index (χ2v) is 8.19. The Morgan fingerprint density at radius 1 is 1.14 bits per heavy atom. The van der Waals surface area contributed by atoms with Gasteiger partial charge in [-0.05, 0) is 44.0 Å². The number of H-pyrrole nitrogens is 1. The third-order valence-electron chi connectivity index (χ3n) is 5.22. The number of carbonyl (C=O) groups is 1. The fraction of sp³-hybridized carbons (Fsp3) is 0.263. The number of nitrogens with one attached hydrogen (secondary N) is 2. The van der Waals surface area contributed by atoms with E-state index in [9.17, 15) is 9.59 Å². The quantitative estimate of drug-likeness (QED) is 0.636. The van der Waals surface area contributed by atoms with Crippen LogP contribution in [0.25, 0.3) is 11.0 Å². The molecule has 1 aliphatic carbocycles. The Bertz CT molecular complexity index is 1190. The van der Waals surface area contributed by atoms with Gasteiger partial charge in [0.25, 0.3) is 0 Å². The maximum Gasteiger partial charge on any atom is 0.433 e. The highest BCUT2D eigenvalue weighted by Crippen LogP contribution is 2.44. The second kappa shape index (κ2) is 6.33. The van der Waals surface area contributed by atoms with Gasteiger partial charge in [-0.1, -0.05) is 23.2 Å². The van der Waals surface area contributed by atoms with Gasteiger partial charge in [-0.3, -0.25) is 9.88 Å². The van der Waals surface area contributed by atoms with E-state index >= 15 is 0 Å². The number of fused-ring (bicyclic) bond motifs is 1. The van der Waals surface area contributed by atoms with Crippen molar-refractivity contribution in [2.45, 2.75) is 25.3 Å². The topological polar surface area (TPSA) is 88.6 Å². The lowest BCUT2D eigenvalue weighted by Crippen LogP contribution is -2.25. The molecular formula is C19H16Cl2N4O4. The van der Waals surface area contributed by atoms with Crippen molar-refractivity contribution in [3.05, 3.63) is 50.9 Å². The molecule has 0 radical (unpaired) electrons. The summed E-state index contributed by atoms with van der Waals surface area (Å²) in [6, 6.07) is 8.52. The number of hydrogen-bond acceptors (Lipinski definition) is 5. The van der Waals surface area contributed by atoms with Crippen molar-refractivity contribution in [2.24, 2.45) is 0 Å². The van der Waals surface area contributed by atoms with Crippen LogP contribution < -0.4 is 20.8 Å². The highest BCUT2D eigenvalue weighted by molar-refractivity contribution is 6.37. The minimum Gasteiger partial charge on any atom is -0.454 e. The van der Waals surface area contributed by atoms with E-state index in [1.54, 1.807) is 34.9 Å². The zero-order valence-electron chi connectivity index (χ0n) is 15.3. The van der Waals surface area contributed by atoms with Crippen molar-refractivity contribution in [2.75, 3.05) is 11.7 Å². The molecule has 29 heavy (non-hydrogen) atoms. The Morgan fingerprint density at radius 3 is 2.48 bits per heavy atom. The molecule has 0 spiro atoms. The number of carbonyl (C=O) groups excluding carboxylic acids is 1. The third kappa shape index (κ3) is 3.08. The fourth-order valence-electron chi connectivity index (χ4n) is 3.44. The van der Waals surface area contributed by atoms with Gasteiger partial charge in [0.1, 0.15) is 12.4 Å². The summed E-state index contributed by atoms with van der Waals surface area (Å²) in [5, 5.41) is 4.38. The van der Waals surface area contributed by atoms with Crippen LogP contribution in [-0.2, 0) is 10.4 Å². The first-order valence-electron chi connectivity index (χ1n) is 9.00. The SMILES string of the molecule is CC1(n2c(=O)[nH]c3ccc(Oc4c(Cl)cc(N5CNC(=O)O5)cc4Cl)cc32)CC1. The zero-order valence-corrected chi connectivity index (χ0v) is 16.8. The average molecular weight is 435 g/mol. The summed E-state index contributed by atoms with van der Waals surface area (Å²) in [5.41, 5.74) is 1.73. The maximum atomic E-state index is 12.4. The number of hydroxylamine groups is 1. The van der Waals surface area contributed by atoms with Crippen molar-refractivity contribution < 1.29 is 14.4 Å². The van der Waals surface area contributed by atoms with Gasteiger partial charge in [-0.25, -0.2) is 9.59 Å². The lowest BCUT2D eigenvalue weighted by molar-refractivity contribution is 0.166. The molecule has 1 saturated heterocycles. The number of rotatable bonds is 4. The lowest BCUT2D eigenvalue weighted by atomic mass is 10.2. The normalized spacial score (nSPS) is 17.3. The predicted molar refractivity (Wildman–Crippen MR) is 109 cm³/mol. The van der Waals surface area contributed by atoms with E-state index in [-0.39, 0.29) is 33.7 Å². The molecule has 10 heteroatoms. The van der Waals surface area contributed by atoms with Gasteiger partial charge in [0.2, 0.25) is 0 Å². The van der Waals surface area contributed by atoms with Crippen molar-refractivity contribution in [1.29, 1.82) is 0 Å². The molecule has 5 rings (SSSR count). The summed E-state index contributed by atoms with van der Waals surface area (Å²) >= 11 is 12.8. The smallest absolute Gasteiger partial charge is 0.433 e. The summed E-state index contributed by atoms with van der Waals surface area (Å²) in [7, 11) is 0. The summed E-state index contributed by atoms with van der Waals surface area (Å²) in [5.74, 6) is 0.775. The molecule has 0 atom stereocenters. The molecule has 1 amide bonds. The predicted octanol–water partition coefficient (Wildman–Crippen LogP) is 4.36. The molecular weight excluding hydrogens is 419 g/mol. The van der Waals surface area contributed by atoms with Gasteiger partial charge >= 0.3 is 11.8 Å². The molecule has 0 unspecified atom stereocenters. The summed E-state index contributed by atoms with van der Waals surface area (Å²) < 4.78 is 7.72. The van der Waals surface area contributed by atoms with Crippen molar-refractivity contribution in [3.63, 3.8) is 0 Å². The van der Waals surface area contributed by atoms with E-state index in [1.807, 2.05) is 0 Å². The Morgan fingerprint density at radius 2 is 1.86 bits per heavy atom. The second-order valence-electron chi connectivity index (χ2n) is 7.37. The number of anilines is 1. The molecule has 2 fully saturated rings. The number of aromatic nitrogens is 2. The number of nitrogens with zero attached hydrogens (tertiary/aromatic N) is 2. The molecule has 2 aromatic carbocycles. The summed E-state index contributed by atoms with van der Waals surface area (Å²) in [6.45, 7) is 2.24. The van der Waals surface area contributed by atoms with Crippen LogP contribution in [0.5, 0.6) is 11.5 Å². The Kier molecular flexibility index (Phi) is 3.97. The largest absolute Gasteiger partial charge is 0.454 e. The van der Waals surface area contributed by atoms with Gasteiger partial charge in [-0.2, -0.15) is 5.06 Å². The number of aromatic amines is 1. The van der Waals surface area contributed by atoms with Crippen LogP contribution in [0.4, 0.5) is 10.5 Å². The fourth-order valence-corrected chi connectivity index (χ4v) is 3.99. The van der Waals surface area contributed by atoms with E-state index in [0.717, 1.165) is 23.9 Å².